The SMILES string of the molecule is C=CCCOc1cc(-c2ccncc2)cc(-c2ccncc2)c1. The van der Waals surface area contributed by atoms with E-state index in [-0.39, 0.29) is 0 Å². The van der Waals surface area contributed by atoms with E-state index in [0.29, 0.717) is 6.61 Å². The van der Waals surface area contributed by atoms with Crippen LogP contribution in [0.2, 0.25) is 0 Å². The summed E-state index contributed by atoms with van der Waals surface area (Å²) in [6.07, 6.45) is 9.87. The van der Waals surface area contributed by atoms with Crippen LogP contribution in [-0.4, -0.2) is 16.6 Å². The molecule has 0 spiro atoms. The molecule has 0 N–H and O–H groups in total. The first kappa shape index (κ1) is 15.0. The van der Waals surface area contributed by atoms with Gasteiger partial charge in [-0.05, 0) is 71.1 Å². The molecular formula is C20H18N2O. The minimum absolute atomic E-state index is 0.624. The lowest BCUT2D eigenvalue weighted by Gasteiger charge is -2.11. The Hall–Kier alpha value is -2.94. The summed E-state index contributed by atoms with van der Waals surface area (Å²) in [7, 11) is 0. The topological polar surface area (TPSA) is 35.0 Å². The van der Waals surface area contributed by atoms with Gasteiger partial charge in [0.2, 0.25) is 0 Å². The van der Waals surface area contributed by atoms with Crippen LogP contribution in [0.4, 0.5) is 0 Å². The standard InChI is InChI=1S/C20H18N2O/c1-2-3-12-23-20-14-18(16-4-8-21-9-5-16)13-19(15-20)17-6-10-22-11-7-17/h2,4-11,13-15H,1,3,12H2. The van der Waals surface area contributed by atoms with Crippen molar-refractivity contribution in [2.75, 3.05) is 6.61 Å². The summed E-state index contributed by atoms with van der Waals surface area (Å²) in [5.74, 6) is 0.855. The fourth-order valence-electron chi connectivity index (χ4n) is 2.36. The summed E-state index contributed by atoms with van der Waals surface area (Å²) in [6, 6.07) is 14.3. The van der Waals surface area contributed by atoms with E-state index in [0.717, 1.165) is 34.4 Å². The van der Waals surface area contributed by atoms with Crippen LogP contribution in [0.15, 0.2) is 79.9 Å². The summed E-state index contributed by atoms with van der Waals surface area (Å²) >= 11 is 0. The zero-order valence-corrected chi connectivity index (χ0v) is 12.9. The minimum atomic E-state index is 0.624. The van der Waals surface area contributed by atoms with Crippen molar-refractivity contribution < 1.29 is 4.74 Å². The first-order valence-corrected chi connectivity index (χ1v) is 7.56. The van der Waals surface area contributed by atoms with Crippen molar-refractivity contribution in [3.8, 4) is 28.0 Å². The summed E-state index contributed by atoms with van der Waals surface area (Å²) in [6.45, 7) is 4.35. The summed E-state index contributed by atoms with van der Waals surface area (Å²) in [4.78, 5) is 8.17. The van der Waals surface area contributed by atoms with Crippen molar-refractivity contribution in [1.82, 2.24) is 9.97 Å². The Balaban J connectivity index is 2.01. The third-order valence-electron chi connectivity index (χ3n) is 3.52. The van der Waals surface area contributed by atoms with E-state index < -0.39 is 0 Å². The summed E-state index contributed by atoms with van der Waals surface area (Å²) in [5.41, 5.74) is 4.44. The van der Waals surface area contributed by atoms with Gasteiger partial charge in [-0.25, -0.2) is 0 Å². The molecule has 23 heavy (non-hydrogen) atoms. The normalized spacial score (nSPS) is 10.3. The molecule has 0 saturated heterocycles. The number of aromatic nitrogens is 2. The average Bonchev–Trinajstić information content (AvgIpc) is 2.63. The van der Waals surface area contributed by atoms with Crippen LogP contribution >= 0.6 is 0 Å². The van der Waals surface area contributed by atoms with Gasteiger partial charge in [0.25, 0.3) is 0 Å². The van der Waals surface area contributed by atoms with Crippen LogP contribution in [0.25, 0.3) is 22.3 Å². The quantitative estimate of drug-likeness (QED) is 0.486. The van der Waals surface area contributed by atoms with Crippen LogP contribution in [-0.2, 0) is 0 Å². The second kappa shape index (κ2) is 7.36. The largest absolute Gasteiger partial charge is 0.493 e. The Morgan fingerprint density at radius 3 is 1.78 bits per heavy atom. The average molecular weight is 302 g/mol. The molecule has 0 atom stereocenters. The van der Waals surface area contributed by atoms with Crippen LogP contribution in [0, 0.1) is 0 Å². The highest BCUT2D eigenvalue weighted by Crippen LogP contribution is 2.31. The van der Waals surface area contributed by atoms with E-state index in [9.17, 15) is 0 Å². The first-order valence-electron chi connectivity index (χ1n) is 7.56. The van der Waals surface area contributed by atoms with E-state index in [2.05, 4.69) is 34.7 Å². The van der Waals surface area contributed by atoms with Crippen molar-refractivity contribution in [3.05, 3.63) is 79.9 Å². The lowest BCUT2D eigenvalue weighted by molar-refractivity contribution is 0.325. The molecule has 3 heteroatoms. The monoisotopic (exact) mass is 302 g/mol. The maximum Gasteiger partial charge on any atom is 0.120 e. The Morgan fingerprint density at radius 2 is 1.30 bits per heavy atom. The molecule has 0 unspecified atom stereocenters. The molecule has 3 aromatic rings. The molecular weight excluding hydrogens is 284 g/mol. The Bertz CT molecular complexity index is 712. The number of rotatable bonds is 6. The van der Waals surface area contributed by atoms with Crippen molar-refractivity contribution in [3.63, 3.8) is 0 Å². The van der Waals surface area contributed by atoms with Gasteiger partial charge < -0.3 is 4.74 Å². The van der Waals surface area contributed by atoms with Gasteiger partial charge in [0.1, 0.15) is 5.75 Å². The van der Waals surface area contributed by atoms with Gasteiger partial charge in [-0.2, -0.15) is 0 Å². The number of hydrogen-bond acceptors (Lipinski definition) is 3. The maximum atomic E-state index is 5.87. The second-order valence-electron chi connectivity index (χ2n) is 5.14. The molecule has 3 rings (SSSR count). The second-order valence-corrected chi connectivity index (χ2v) is 5.14. The van der Waals surface area contributed by atoms with Crippen LogP contribution in [0.5, 0.6) is 5.75 Å². The maximum absolute atomic E-state index is 5.87. The fourth-order valence-corrected chi connectivity index (χ4v) is 2.36. The molecule has 0 amide bonds. The van der Waals surface area contributed by atoms with E-state index >= 15 is 0 Å². The molecule has 1 aromatic carbocycles. The third-order valence-corrected chi connectivity index (χ3v) is 3.52. The number of benzene rings is 1. The highest BCUT2D eigenvalue weighted by atomic mass is 16.5. The van der Waals surface area contributed by atoms with Crippen molar-refractivity contribution in [1.29, 1.82) is 0 Å². The van der Waals surface area contributed by atoms with E-state index in [1.807, 2.05) is 30.3 Å². The Morgan fingerprint density at radius 1 is 0.783 bits per heavy atom. The molecule has 114 valence electrons. The molecule has 0 aliphatic carbocycles. The fraction of sp³-hybridized carbons (Fsp3) is 0.100. The van der Waals surface area contributed by atoms with Gasteiger partial charge in [-0.1, -0.05) is 6.08 Å². The molecule has 0 aliphatic heterocycles. The molecule has 0 aliphatic rings. The lowest BCUT2D eigenvalue weighted by atomic mass is 10.00. The van der Waals surface area contributed by atoms with Gasteiger partial charge in [0, 0.05) is 24.8 Å². The van der Waals surface area contributed by atoms with Crippen LogP contribution in [0.1, 0.15) is 6.42 Å². The number of ether oxygens (including phenoxy) is 1. The van der Waals surface area contributed by atoms with Crippen LogP contribution < -0.4 is 4.74 Å². The van der Waals surface area contributed by atoms with Crippen molar-refractivity contribution in [2.45, 2.75) is 6.42 Å². The highest BCUT2D eigenvalue weighted by Gasteiger charge is 2.06. The predicted molar refractivity (Wildman–Crippen MR) is 93.2 cm³/mol. The summed E-state index contributed by atoms with van der Waals surface area (Å²) in [5, 5.41) is 0. The molecule has 2 aromatic heterocycles. The molecule has 0 fully saturated rings. The lowest BCUT2D eigenvalue weighted by Crippen LogP contribution is -1.96. The van der Waals surface area contributed by atoms with Gasteiger partial charge in [0.05, 0.1) is 6.61 Å². The smallest absolute Gasteiger partial charge is 0.120 e. The predicted octanol–water partition coefficient (Wildman–Crippen LogP) is 4.77. The zero-order chi connectivity index (χ0) is 15.9. The van der Waals surface area contributed by atoms with Gasteiger partial charge in [0.15, 0.2) is 0 Å². The van der Waals surface area contributed by atoms with Gasteiger partial charge in [-0.15, -0.1) is 6.58 Å². The number of nitrogens with zero attached hydrogens (tertiary/aromatic N) is 2. The number of pyridine rings is 2. The Kier molecular flexibility index (Phi) is 4.79. The molecule has 2 heterocycles. The van der Waals surface area contributed by atoms with Gasteiger partial charge in [-0.3, -0.25) is 9.97 Å². The molecule has 3 nitrogen and oxygen atoms in total. The minimum Gasteiger partial charge on any atom is -0.493 e. The molecule has 0 bridgehead atoms. The molecule has 0 saturated carbocycles. The zero-order valence-electron chi connectivity index (χ0n) is 12.9. The van der Waals surface area contributed by atoms with Crippen molar-refractivity contribution in [2.24, 2.45) is 0 Å². The third kappa shape index (κ3) is 3.83. The first-order chi connectivity index (χ1) is 11.4. The summed E-state index contributed by atoms with van der Waals surface area (Å²) < 4.78 is 5.87. The van der Waals surface area contributed by atoms with E-state index in [4.69, 9.17) is 4.74 Å². The highest BCUT2D eigenvalue weighted by molar-refractivity contribution is 5.74. The van der Waals surface area contributed by atoms with E-state index in [1.165, 1.54) is 0 Å². The van der Waals surface area contributed by atoms with Crippen LogP contribution in [0.3, 0.4) is 0 Å². The van der Waals surface area contributed by atoms with Crippen molar-refractivity contribution >= 4 is 0 Å². The van der Waals surface area contributed by atoms with E-state index in [1.54, 1.807) is 24.8 Å². The van der Waals surface area contributed by atoms with Gasteiger partial charge >= 0.3 is 0 Å². The Labute approximate surface area is 136 Å². The number of hydrogen-bond donors (Lipinski definition) is 0. The molecule has 0 radical (unpaired) electrons.